The van der Waals surface area contributed by atoms with Gasteiger partial charge in [-0.15, -0.1) is 20.4 Å². The van der Waals surface area contributed by atoms with Crippen LogP contribution in [-0.2, 0) is 21.6 Å². The number of nitrogens with zero attached hydrogens (tertiary/aromatic N) is 4. The van der Waals surface area contributed by atoms with Crippen LogP contribution >= 0.6 is 0 Å². The summed E-state index contributed by atoms with van der Waals surface area (Å²) in [7, 11) is -3.60. The molecule has 3 aromatic rings. The molecule has 1 fully saturated rings. The van der Waals surface area contributed by atoms with E-state index in [1.165, 1.54) is 30.3 Å². The number of halogens is 3. The molecule has 1 saturated carbocycles. The largest absolute Gasteiger partial charge is 0.435 e. The molecule has 0 saturated heterocycles. The van der Waals surface area contributed by atoms with Crippen LogP contribution in [0.1, 0.15) is 45.7 Å². The van der Waals surface area contributed by atoms with Crippen molar-refractivity contribution in [3.8, 4) is 11.8 Å². The molecule has 0 spiro atoms. The van der Waals surface area contributed by atoms with Crippen molar-refractivity contribution in [3.05, 3.63) is 58.4 Å². The zero-order valence-electron chi connectivity index (χ0n) is 19.2. The van der Waals surface area contributed by atoms with Crippen molar-refractivity contribution < 1.29 is 36.2 Å². The van der Waals surface area contributed by atoms with Crippen molar-refractivity contribution in [1.29, 1.82) is 0 Å². The van der Waals surface area contributed by atoms with E-state index in [1.54, 1.807) is 6.92 Å². The van der Waals surface area contributed by atoms with Gasteiger partial charge in [0.2, 0.25) is 5.88 Å². The van der Waals surface area contributed by atoms with Crippen molar-refractivity contribution in [2.45, 2.75) is 43.4 Å². The smallest absolute Gasteiger partial charge is 0.416 e. The minimum Gasteiger partial charge on any atom is -0.416 e. The van der Waals surface area contributed by atoms with Crippen molar-refractivity contribution in [2.24, 2.45) is 0 Å². The molecule has 0 atom stereocenters. The van der Waals surface area contributed by atoms with Crippen LogP contribution in [0.15, 0.2) is 35.2 Å². The third kappa shape index (κ3) is 5.14. The molecule has 1 amide bonds. The SMILES string of the molecule is Cc1cc(C2(O)CC2)nnc1Oc1nnc(C(F)(F)F)c(C)c1C(=O)Nc1cccc(S(C)(=O)=O)c1. The lowest BCUT2D eigenvalue weighted by molar-refractivity contribution is -0.142. The highest BCUT2D eigenvalue weighted by atomic mass is 32.2. The fraction of sp³-hybridized carbons (Fsp3) is 0.318. The summed E-state index contributed by atoms with van der Waals surface area (Å²) in [4.78, 5) is 13.0. The van der Waals surface area contributed by atoms with Gasteiger partial charge < -0.3 is 15.2 Å². The summed E-state index contributed by atoms with van der Waals surface area (Å²) in [6, 6.07) is 6.74. The van der Waals surface area contributed by atoms with Crippen LogP contribution in [0.2, 0.25) is 0 Å². The molecule has 10 nitrogen and oxygen atoms in total. The number of nitrogens with one attached hydrogen (secondary N) is 1. The van der Waals surface area contributed by atoms with Crippen molar-refractivity contribution in [3.63, 3.8) is 0 Å². The van der Waals surface area contributed by atoms with Crippen molar-refractivity contribution in [1.82, 2.24) is 20.4 Å². The van der Waals surface area contributed by atoms with Gasteiger partial charge in [-0.1, -0.05) is 6.07 Å². The Hall–Kier alpha value is -3.65. The molecule has 2 N–H and O–H groups in total. The second kappa shape index (κ2) is 8.78. The first-order valence-electron chi connectivity index (χ1n) is 10.5. The van der Waals surface area contributed by atoms with E-state index in [2.05, 4.69) is 25.7 Å². The molecule has 1 aliphatic rings. The Balaban J connectivity index is 1.73. The van der Waals surface area contributed by atoms with Gasteiger partial charge in [0.15, 0.2) is 15.5 Å². The van der Waals surface area contributed by atoms with E-state index in [-0.39, 0.29) is 16.5 Å². The molecule has 2 heterocycles. The molecular weight excluding hydrogens is 503 g/mol. The Morgan fingerprint density at radius 2 is 1.75 bits per heavy atom. The number of aliphatic hydroxyl groups is 1. The number of anilines is 1. The number of ether oxygens (including phenoxy) is 1. The van der Waals surface area contributed by atoms with Crippen LogP contribution in [0.3, 0.4) is 0 Å². The summed E-state index contributed by atoms with van der Waals surface area (Å²) in [6.07, 6.45) is -2.88. The lowest BCUT2D eigenvalue weighted by Gasteiger charge is -2.16. The Kier molecular flexibility index (Phi) is 6.21. The molecule has 1 aromatic carbocycles. The average Bonchev–Trinajstić information content (AvgIpc) is 3.52. The molecule has 2 aromatic heterocycles. The fourth-order valence-corrected chi connectivity index (χ4v) is 4.04. The molecular formula is C22H20F3N5O5S. The zero-order chi connectivity index (χ0) is 26.5. The lowest BCUT2D eigenvalue weighted by Crippen LogP contribution is -2.21. The van der Waals surface area contributed by atoms with E-state index >= 15 is 0 Å². The normalized spacial score (nSPS) is 14.9. The van der Waals surface area contributed by atoms with E-state index in [4.69, 9.17) is 4.74 Å². The van der Waals surface area contributed by atoms with Gasteiger partial charge in [-0.2, -0.15) is 13.2 Å². The Morgan fingerprint density at radius 1 is 1.08 bits per heavy atom. The first-order chi connectivity index (χ1) is 16.7. The van der Waals surface area contributed by atoms with Gasteiger partial charge in [0.25, 0.3) is 11.8 Å². The van der Waals surface area contributed by atoms with Gasteiger partial charge in [-0.3, -0.25) is 4.79 Å². The number of aryl methyl sites for hydroxylation is 1. The number of amides is 1. The van der Waals surface area contributed by atoms with Gasteiger partial charge >= 0.3 is 6.18 Å². The summed E-state index contributed by atoms with van der Waals surface area (Å²) in [6.45, 7) is 2.62. The van der Waals surface area contributed by atoms with Crippen LogP contribution in [0, 0.1) is 13.8 Å². The van der Waals surface area contributed by atoms with Gasteiger partial charge in [0.1, 0.15) is 11.2 Å². The highest BCUT2D eigenvalue weighted by Gasteiger charge is 2.44. The van der Waals surface area contributed by atoms with Gasteiger partial charge in [0, 0.05) is 17.5 Å². The number of hydrogen-bond donors (Lipinski definition) is 2. The summed E-state index contributed by atoms with van der Waals surface area (Å²) in [5, 5.41) is 27.1. The van der Waals surface area contributed by atoms with E-state index in [0.717, 1.165) is 13.2 Å². The number of alkyl halides is 3. The zero-order valence-corrected chi connectivity index (χ0v) is 20.0. The summed E-state index contributed by atoms with van der Waals surface area (Å²) < 4.78 is 69.7. The molecule has 190 valence electrons. The number of carbonyl (C=O) groups is 1. The Morgan fingerprint density at radius 3 is 2.33 bits per heavy atom. The summed E-state index contributed by atoms with van der Waals surface area (Å²) >= 11 is 0. The van der Waals surface area contributed by atoms with Crippen LogP contribution in [-0.4, -0.2) is 46.1 Å². The monoisotopic (exact) mass is 523 g/mol. The minimum atomic E-state index is -4.90. The second-order valence-corrected chi connectivity index (χ2v) is 10.5. The first-order valence-corrected chi connectivity index (χ1v) is 12.4. The number of sulfone groups is 1. The van der Waals surface area contributed by atoms with E-state index in [0.29, 0.717) is 24.1 Å². The topological polar surface area (TPSA) is 144 Å². The van der Waals surface area contributed by atoms with Gasteiger partial charge in [0.05, 0.1) is 10.6 Å². The predicted molar refractivity (Wildman–Crippen MR) is 119 cm³/mol. The van der Waals surface area contributed by atoms with Crippen LogP contribution in [0.4, 0.5) is 18.9 Å². The second-order valence-electron chi connectivity index (χ2n) is 8.46. The first kappa shape index (κ1) is 25.4. The molecule has 0 aliphatic heterocycles. The standard InChI is InChI=1S/C22H20F3N5O5S/c1-11-9-15(21(32)7-8-21)27-29-19(11)35-20-16(12(2)17(28-30-20)22(23,24)25)18(31)26-13-5-4-6-14(10-13)36(3,33)34/h4-6,9-10,32H,7-8H2,1-3H3,(H,26,31). The fourth-order valence-electron chi connectivity index (χ4n) is 3.37. The van der Waals surface area contributed by atoms with Gasteiger partial charge in [-0.25, -0.2) is 8.42 Å². The number of aromatic nitrogens is 4. The maximum absolute atomic E-state index is 13.5. The average molecular weight is 523 g/mol. The number of benzene rings is 1. The summed E-state index contributed by atoms with van der Waals surface area (Å²) in [5.74, 6) is -1.75. The number of rotatable bonds is 6. The third-order valence-corrected chi connectivity index (χ3v) is 6.64. The molecule has 14 heteroatoms. The van der Waals surface area contributed by atoms with Crippen LogP contribution < -0.4 is 10.1 Å². The Labute approximate surface area is 203 Å². The predicted octanol–water partition coefficient (Wildman–Crippen LogP) is 3.33. The molecule has 4 rings (SSSR count). The number of carbonyl (C=O) groups excluding carboxylic acids is 1. The van der Waals surface area contributed by atoms with E-state index < -0.39 is 50.2 Å². The van der Waals surface area contributed by atoms with Crippen molar-refractivity contribution in [2.75, 3.05) is 11.6 Å². The maximum Gasteiger partial charge on any atom is 0.435 e. The molecule has 0 bridgehead atoms. The minimum absolute atomic E-state index is 0.0247. The Bertz CT molecular complexity index is 1470. The quantitative estimate of drug-likeness (QED) is 0.497. The highest BCUT2D eigenvalue weighted by Crippen LogP contribution is 2.44. The molecule has 0 unspecified atom stereocenters. The van der Waals surface area contributed by atoms with E-state index in [9.17, 15) is 31.5 Å². The van der Waals surface area contributed by atoms with Crippen LogP contribution in [0.5, 0.6) is 11.8 Å². The van der Waals surface area contributed by atoms with Crippen molar-refractivity contribution >= 4 is 21.4 Å². The lowest BCUT2D eigenvalue weighted by atomic mass is 10.1. The molecule has 0 radical (unpaired) electrons. The maximum atomic E-state index is 13.5. The molecule has 36 heavy (non-hydrogen) atoms. The van der Waals surface area contributed by atoms with E-state index in [1.807, 2.05) is 0 Å². The number of hydrogen-bond acceptors (Lipinski definition) is 9. The van der Waals surface area contributed by atoms with Gasteiger partial charge in [-0.05, 0) is 56.5 Å². The third-order valence-electron chi connectivity index (χ3n) is 5.53. The highest BCUT2D eigenvalue weighted by molar-refractivity contribution is 7.90. The summed E-state index contributed by atoms with van der Waals surface area (Å²) in [5.41, 5.74) is -2.84. The molecule has 1 aliphatic carbocycles. The van der Waals surface area contributed by atoms with Crippen LogP contribution in [0.25, 0.3) is 0 Å².